The normalized spacial score (nSPS) is 11.9. The van der Waals surface area contributed by atoms with Crippen LogP contribution in [0, 0.1) is 5.92 Å². The molecular weight excluding hydrogens is 846 g/mol. The number of nitrogens with two attached hydrogens (primary N) is 1. The Morgan fingerprint density at radius 1 is 0.641 bits per heavy atom. The summed E-state index contributed by atoms with van der Waals surface area (Å²) in [5.41, 5.74) is 14.4. The van der Waals surface area contributed by atoms with Gasteiger partial charge in [-0.2, -0.15) is 0 Å². The molecule has 0 fully saturated rings. The topological polar surface area (TPSA) is 324 Å². The number of azide groups is 1. The molecule has 0 aliphatic carbocycles. The van der Waals surface area contributed by atoms with Crippen LogP contribution in [0.15, 0.2) is 29.4 Å². The fourth-order valence-electron chi connectivity index (χ4n) is 5.06. The molecular formula is C40H69N9O15. The minimum Gasteiger partial charge on any atom is -0.392 e. The van der Waals surface area contributed by atoms with Crippen molar-refractivity contribution < 1.29 is 71.7 Å². The van der Waals surface area contributed by atoms with Crippen LogP contribution in [0.2, 0.25) is 0 Å². The smallest absolute Gasteiger partial charge is 0.312 e. The van der Waals surface area contributed by atoms with Gasteiger partial charge in [-0.25, -0.2) is 4.79 Å². The Kier molecular flexibility index (Phi) is 35.7. The molecule has 1 rings (SSSR count). The van der Waals surface area contributed by atoms with Gasteiger partial charge in [0.05, 0.1) is 112 Å². The average molecular weight is 916 g/mol. The summed E-state index contributed by atoms with van der Waals surface area (Å²) in [4.78, 5) is 65.0. The monoisotopic (exact) mass is 915 g/mol. The van der Waals surface area contributed by atoms with Gasteiger partial charge in [-0.3, -0.25) is 19.2 Å². The summed E-state index contributed by atoms with van der Waals surface area (Å²) in [5.74, 6) is -2.61. The first-order chi connectivity index (χ1) is 31.1. The molecule has 0 radical (unpaired) electrons. The number of primary amides is 1. The average Bonchev–Trinajstić information content (AvgIpc) is 3.27. The summed E-state index contributed by atoms with van der Waals surface area (Å²) < 4.78 is 48.5. The van der Waals surface area contributed by atoms with Crippen LogP contribution in [0.5, 0.6) is 0 Å². The Balaban J connectivity index is 2.09. The zero-order chi connectivity index (χ0) is 46.9. The maximum absolute atomic E-state index is 13.3. The van der Waals surface area contributed by atoms with Crippen molar-refractivity contribution in [2.75, 3.05) is 144 Å². The molecule has 24 nitrogen and oxygen atoms in total. The lowest BCUT2D eigenvalue weighted by molar-refractivity contribution is -0.135. The minimum absolute atomic E-state index is 0.148. The number of aliphatic hydroxyl groups excluding tert-OH is 1. The third-order valence-electron chi connectivity index (χ3n) is 8.31. The van der Waals surface area contributed by atoms with Crippen molar-refractivity contribution in [1.82, 2.24) is 21.3 Å². The Morgan fingerprint density at radius 2 is 1.12 bits per heavy atom. The van der Waals surface area contributed by atoms with Gasteiger partial charge in [0, 0.05) is 30.2 Å². The molecule has 64 heavy (non-hydrogen) atoms. The van der Waals surface area contributed by atoms with E-state index >= 15 is 0 Å². The molecule has 0 spiro atoms. The number of carbonyl (C=O) groups is 5. The van der Waals surface area contributed by atoms with Crippen molar-refractivity contribution in [3.05, 3.63) is 40.3 Å². The van der Waals surface area contributed by atoms with E-state index in [2.05, 4.69) is 36.6 Å². The predicted molar refractivity (Wildman–Crippen MR) is 231 cm³/mol. The van der Waals surface area contributed by atoms with Crippen LogP contribution in [0.25, 0.3) is 10.4 Å². The molecule has 8 N–H and O–H groups in total. The molecule has 24 heteroatoms. The molecule has 0 unspecified atom stereocenters. The highest BCUT2D eigenvalue weighted by atomic mass is 16.6. The number of nitrogens with one attached hydrogen (secondary N) is 5. The van der Waals surface area contributed by atoms with Gasteiger partial charge in [-0.05, 0) is 42.0 Å². The number of urea groups is 1. The quantitative estimate of drug-likeness (QED) is 0.0193. The van der Waals surface area contributed by atoms with Gasteiger partial charge in [0.2, 0.25) is 23.6 Å². The van der Waals surface area contributed by atoms with E-state index in [4.69, 9.17) is 53.9 Å². The summed E-state index contributed by atoms with van der Waals surface area (Å²) in [5, 5.41) is 25.7. The van der Waals surface area contributed by atoms with Crippen LogP contribution < -0.4 is 32.3 Å². The zero-order valence-corrected chi connectivity index (χ0v) is 37.1. The van der Waals surface area contributed by atoms with Crippen LogP contribution in [-0.4, -0.2) is 185 Å². The van der Waals surface area contributed by atoms with E-state index in [1.165, 1.54) is 0 Å². The van der Waals surface area contributed by atoms with E-state index < -0.39 is 55.0 Å². The molecule has 364 valence electrons. The first-order valence-corrected chi connectivity index (χ1v) is 21.2. The summed E-state index contributed by atoms with van der Waals surface area (Å²) in [6.45, 7) is 9.49. The van der Waals surface area contributed by atoms with Crippen molar-refractivity contribution >= 4 is 35.3 Å². The first-order valence-electron chi connectivity index (χ1n) is 21.2. The zero-order valence-electron chi connectivity index (χ0n) is 37.1. The maximum Gasteiger partial charge on any atom is 0.312 e. The lowest BCUT2D eigenvalue weighted by atomic mass is 10.0. The lowest BCUT2D eigenvalue weighted by Gasteiger charge is -2.25. The molecule has 0 saturated carbocycles. The summed E-state index contributed by atoms with van der Waals surface area (Å²) in [7, 11) is 0. The van der Waals surface area contributed by atoms with Gasteiger partial charge in [0.25, 0.3) is 0 Å². The second kappa shape index (κ2) is 39.8. The number of carbonyl (C=O) groups excluding carboxylic acids is 5. The molecule has 1 aromatic carbocycles. The predicted octanol–water partition coefficient (Wildman–Crippen LogP) is -0.233. The summed E-state index contributed by atoms with van der Waals surface area (Å²) in [6.07, 6.45) is 0.462. The molecule has 1 aromatic rings. The molecule has 6 amide bonds. The highest BCUT2D eigenvalue weighted by molar-refractivity contribution is 5.98. The largest absolute Gasteiger partial charge is 0.392 e. The molecule has 0 heterocycles. The molecule has 2 atom stereocenters. The van der Waals surface area contributed by atoms with Gasteiger partial charge in [0.1, 0.15) is 25.3 Å². The SMILES string of the molecule is CC(C)[C@@H](NC(=O)COCC(=O)NCCOCCOCCOCCOCCOCCOCCOCCOCCN=[N+]=[N-])C(=O)N[C@@H](CCCNC(N)=O)C(=O)Nc1ccc(CO)cc1. The number of nitrogens with zero attached hydrogens (tertiary/aromatic N) is 3. The van der Waals surface area contributed by atoms with Gasteiger partial charge in [-0.1, -0.05) is 31.1 Å². The molecule has 0 aliphatic heterocycles. The Hall–Kier alpha value is -4.72. The van der Waals surface area contributed by atoms with Gasteiger partial charge in [0.15, 0.2) is 0 Å². The van der Waals surface area contributed by atoms with Gasteiger partial charge in [-0.15, -0.1) is 0 Å². The first kappa shape index (κ1) is 57.3. The molecule has 0 aromatic heterocycles. The Labute approximate surface area is 374 Å². The second-order valence-electron chi connectivity index (χ2n) is 13.8. The van der Waals surface area contributed by atoms with E-state index in [0.29, 0.717) is 123 Å². The number of benzene rings is 1. The number of hydrogen-bond donors (Lipinski definition) is 7. The van der Waals surface area contributed by atoms with E-state index in [0.717, 1.165) is 0 Å². The Morgan fingerprint density at radius 3 is 1.59 bits per heavy atom. The molecule has 0 saturated heterocycles. The van der Waals surface area contributed by atoms with E-state index in [-0.39, 0.29) is 38.6 Å². The maximum atomic E-state index is 13.3. The van der Waals surface area contributed by atoms with Crippen LogP contribution >= 0.6 is 0 Å². The highest BCUT2D eigenvalue weighted by Crippen LogP contribution is 2.12. The fraction of sp³-hybridized carbons (Fsp3) is 0.725. The summed E-state index contributed by atoms with van der Waals surface area (Å²) >= 11 is 0. The van der Waals surface area contributed by atoms with Gasteiger partial charge < -0.3 is 80.1 Å². The number of anilines is 1. The van der Waals surface area contributed by atoms with Gasteiger partial charge >= 0.3 is 6.03 Å². The third-order valence-corrected chi connectivity index (χ3v) is 8.31. The molecule has 0 aliphatic rings. The van der Waals surface area contributed by atoms with E-state index in [9.17, 15) is 29.1 Å². The van der Waals surface area contributed by atoms with E-state index in [1.54, 1.807) is 38.1 Å². The lowest BCUT2D eigenvalue weighted by Crippen LogP contribution is -2.55. The van der Waals surface area contributed by atoms with Crippen LogP contribution in [0.3, 0.4) is 0 Å². The van der Waals surface area contributed by atoms with Crippen LogP contribution in [0.1, 0.15) is 32.3 Å². The standard InChI is InChI=1S/C40H69N9O15/c1-31(2)37(39(54)47-34(4-3-9-44-40(41)55)38(53)46-33-7-5-32(28-50)6-8-33)48-36(52)30-64-29-35(51)43-10-12-56-14-16-58-18-20-60-22-24-62-26-27-63-25-23-61-21-19-59-17-15-57-13-11-45-49-42/h5-8,31,34,37,50H,3-4,9-30H2,1-2H3,(H,43,51)(H,46,53)(H,47,54)(H,48,52)(H3,41,44,55)/t34-,37+/m0/s1. The number of amides is 6. The van der Waals surface area contributed by atoms with Crippen molar-refractivity contribution in [3.8, 4) is 0 Å². The summed E-state index contributed by atoms with van der Waals surface area (Å²) in [6, 6.07) is 3.73. The number of aliphatic hydroxyl groups is 1. The van der Waals surface area contributed by atoms with Crippen LogP contribution in [0.4, 0.5) is 10.5 Å². The van der Waals surface area contributed by atoms with E-state index in [1.807, 2.05) is 0 Å². The highest BCUT2D eigenvalue weighted by Gasteiger charge is 2.29. The number of rotatable bonds is 42. The van der Waals surface area contributed by atoms with Crippen molar-refractivity contribution in [1.29, 1.82) is 0 Å². The second-order valence-corrected chi connectivity index (χ2v) is 13.8. The molecule has 0 bridgehead atoms. The van der Waals surface area contributed by atoms with Crippen molar-refractivity contribution in [2.45, 2.75) is 45.4 Å². The number of ether oxygens (including phenoxy) is 9. The Bertz CT molecular complexity index is 1460. The minimum atomic E-state index is -1.03. The number of hydrogen-bond acceptors (Lipinski definition) is 16. The third kappa shape index (κ3) is 32.9. The van der Waals surface area contributed by atoms with Crippen LogP contribution in [-0.2, 0) is 68.4 Å². The van der Waals surface area contributed by atoms with Crippen molar-refractivity contribution in [3.63, 3.8) is 0 Å². The fourth-order valence-corrected chi connectivity index (χ4v) is 5.06. The van der Waals surface area contributed by atoms with Crippen molar-refractivity contribution in [2.24, 2.45) is 16.8 Å².